The fraction of sp³-hybridized carbons (Fsp3) is 0.333. The first-order valence-corrected chi connectivity index (χ1v) is 8.45. The van der Waals surface area contributed by atoms with Crippen molar-refractivity contribution in [3.8, 4) is 0 Å². The van der Waals surface area contributed by atoms with Crippen molar-refractivity contribution in [1.29, 1.82) is 0 Å². The van der Waals surface area contributed by atoms with Crippen LogP contribution in [0.5, 0.6) is 0 Å². The van der Waals surface area contributed by atoms with Gasteiger partial charge in [-0.05, 0) is 25.3 Å². The second-order valence-electron chi connectivity index (χ2n) is 5.86. The van der Waals surface area contributed by atoms with Gasteiger partial charge in [0.05, 0.1) is 6.67 Å². The van der Waals surface area contributed by atoms with E-state index in [1.807, 2.05) is 33.5 Å². The van der Waals surface area contributed by atoms with E-state index >= 15 is 0 Å². The molecule has 5 nitrogen and oxygen atoms in total. The molecule has 2 aromatic heterocycles. The van der Waals surface area contributed by atoms with Crippen LogP contribution >= 0.6 is 12.2 Å². The minimum Gasteiger partial charge on any atom is -0.461 e. The van der Waals surface area contributed by atoms with Gasteiger partial charge in [0.15, 0.2) is 4.77 Å². The molecule has 24 heavy (non-hydrogen) atoms. The minimum atomic E-state index is 0.631. The van der Waals surface area contributed by atoms with Gasteiger partial charge in [0, 0.05) is 30.5 Å². The van der Waals surface area contributed by atoms with Gasteiger partial charge in [-0.25, -0.2) is 4.68 Å². The third-order valence-corrected chi connectivity index (χ3v) is 4.47. The molecule has 0 saturated heterocycles. The Labute approximate surface area is 146 Å². The SMILES string of the molecule is C=CCn1cnn(CN(C)Cc2c(CC)oc3ccccc23)c1=S. The van der Waals surface area contributed by atoms with Crippen LogP contribution in [0.15, 0.2) is 47.7 Å². The summed E-state index contributed by atoms with van der Waals surface area (Å²) < 4.78 is 10.4. The van der Waals surface area contributed by atoms with E-state index in [1.54, 1.807) is 6.33 Å². The number of para-hydroxylation sites is 1. The van der Waals surface area contributed by atoms with Gasteiger partial charge in [-0.3, -0.25) is 4.90 Å². The summed E-state index contributed by atoms with van der Waals surface area (Å²) >= 11 is 5.45. The zero-order chi connectivity index (χ0) is 17.1. The average Bonchev–Trinajstić information content (AvgIpc) is 3.10. The number of benzene rings is 1. The number of hydrogen-bond donors (Lipinski definition) is 0. The van der Waals surface area contributed by atoms with Gasteiger partial charge < -0.3 is 8.98 Å². The summed E-state index contributed by atoms with van der Waals surface area (Å²) in [5, 5.41) is 5.55. The van der Waals surface area contributed by atoms with Crippen LogP contribution in [-0.4, -0.2) is 26.3 Å². The van der Waals surface area contributed by atoms with E-state index in [4.69, 9.17) is 16.6 Å². The molecular weight excluding hydrogens is 320 g/mol. The maximum Gasteiger partial charge on any atom is 0.199 e. The Hall–Kier alpha value is -2.18. The van der Waals surface area contributed by atoms with E-state index in [0.717, 1.165) is 24.3 Å². The van der Waals surface area contributed by atoms with Crippen molar-refractivity contribution in [2.24, 2.45) is 0 Å². The number of fused-ring (bicyclic) bond motifs is 1. The van der Waals surface area contributed by atoms with Crippen molar-refractivity contribution in [1.82, 2.24) is 19.2 Å². The van der Waals surface area contributed by atoms with E-state index in [0.29, 0.717) is 18.0 Å². The van der Waals surface area contributed by atoms with Crippen LogP contribution in [0.3, 0.4) is 0 Å². The van der Waals surface area contributed by atoms with Crippen molar-refractivity contribution in [3.05, 3.63) is 59.3 Å². The van der Waals surface area contributed by atoms with Crippen molar-refractivity contribution in [2.45, 2.75) is 33.1 Å². The van der Waals surface area contributed by atoms with E-state index in [2.05, 4.69) is 36.6 Å². The van der Waals surface area contributed by atoms with Crippen molar-refractivity contribution < 1.29 is 4.42 Å². The molecule has 0 spiro atoms. The van der Waals surface area contributed by atoms with Gasteiger partial charge in [0.25, 0.3) is 0 Å². The lowest BCUT2D eigenvalue weighted by Crippen LogP contribution is -2.23. The quantitative estimate of drug-likeness (QED) is 0.481. The number of nitrogens with zero attached hydrogens (tertiary/aromatic N) is 4. The standard InChI is InChI=1S/C18H22N4OS/c1-4-10-21-12-19-22(18(21)24)13-20(3)11-15-14-8-6-7-9-17(14)23-16(15)5-2/h4,6-9,12H,1,5,10-11,13H2,2-3H3. The lowest BCUT2D eigenvalue weighted by atomic mass is 10.1. The van der Waals surface area contributed by atoms with Crippen LogP contribution in [0.25, 0.3) is 11.0 Å². The first-order chi connectivity index (χ1) is 11.6. The lowest BCUT2D eigenvalue weighted by Gasteiger charge is -2.16. The van der Waals surface area contributed by atoms with Crippen molar-refractivity contribution in [2.75, 3.05) is 7.05 Å². The van der Waals surface area contributed by atoms with E-state index in [1.165, 1.54) is 10.9 Å². The average molecular weight is 342 g/mol. The summed E-state index contributed by atoms with van der Waals surface area (Å²) in [6.45, 7) is 7.95. The second kappa shape index (κ2) is 7.15. The monoisotopic (exact) mass is 342 g/mol. The fourth-order valence-electron chi connectivity index (χ4n) is 2.89. The number of allylic oxidation sites excluding steroid dienone is 1. The number of aryl methyl sites for hydroxylation is 1. The van der Waals surface area contributed by atoms with Gasteiger partial charge in [0.2, 0.25) is 0 Å². The molecule has 0 aliphatic carbocycles. The highest BCUT2D eigenvalue weighted by molar-refractivity contribution is 7.71. The first kappa shape index (κ1) is 16.7. The molecule has 3 aromatic rings. The molecule has 2 heterocycles. The highest BCUT2D eigenvalue weighted by Crippen LogP contribution is 2.27. The summed E-state index contributed by atoms with van der Waals surface area (Å²) in [6.07, 6.45) is 4.45. The largest absolute Gasteiger partial charge is 0.461 e. The molecule has 0 fully saturated rings. The summed E-state index contributed by atoms with van der Waals surface area (Å²) in [4.78, 5) is 2.19. The van der Waals surface area contributed by atoms with Crippen LogP contribution in [-0.2, 0) is 26.2 Å². The van der Waals surface area contributed by atoms with Gasteiger partial charge in [-0.1, -0.05) is 31.2 Å². The predicted molar refractivity (Wildman–Crippen MR) is 98.3 cm³/mol. The number of rotatable bonds is 7. The van der Waals surface area contributed by atoms with E-state index in [-0.39, 0.29) is 0 Å². The minimum absolute atomic E-state index is 0.631. The van der Waals surface area contributed by atoms with Crippen molar-refractivity contribution >= 4 is 23.2 Å². The highest BCUT2D eigenvalue weighted by atomic mass is 32.1. The summed E-state index contributed by atoms with van der Waals surface area (Å²) in [5.74, 6) is 1.05. The second-order valence-corrected chi connectivity index (χ2v) is 6.23. The lowest BCUT2D eigenvalue weighted by molar-refractivity contribution is 0.242. The summed E-state index contributed by atoms with van der Waals surface area (Å²) in [6, 6.07) is 8.19. The van der Waals surface area contributed by atoms with Crippen LogP contribution in [0.1, 0.15) is 18.2 Å². The summed E-state index contributed by atoms with van der Waals surface area (Å²) in [7, 11) is 2.06. The fourth-order valence-corrected chi connectivity index (χ4v) is 3.12. The maximum absolute atomic E-state index is 5.97. The molecule has 0 bridgehead atoms. The first-order valence-electron chi connectivity index (χ1n) is 8.05. The smallest absolute Gasteiger partial charge is 0.199 e. The molecule has 6 heteroatoms. The summed E-state index contributed by atoms with van der Waals surface area (Å²) in [5.41, 5.74) is 2.19. The Morgan fingerprint density at radius 3 is 2.92 bits per heavy atom. The Morgan fingerprint density at radius 1 is 1.38 bits per heavy atom. The normalized spacial score (nSPS) is 11.5. The molecule has 0 amide bonds. The zero-order valence-electron chi connectivity index (χ0n) is 14.1. The Bertz CT molecular complexity index is 905. The van der Waals surface area contributed by atoms with Crippen LogP contribution in [0.2, 0.25) is 0 Å². The van der Waals surface area contributed by atoms with Gasteiger partial charge in [0.1, 0.15) is 17.7 Å². The van der Waals surface area contributed by atoms with Crippen LogP contribution < -0.4 is 0 Å². The topological polar surface area (TPSA) is 39.1 Å². The molecule has 1 aromatic carbocycles. The molecule has 0 unspecified atom stereocenters. The molecule has 0 aliphatic rings. The number of aromatic nitrogens is 3. The molecule has 126 valence electrons. The van der Waals surface area contributed by atoms with Crippen LogP contribution in [0, 0.1) is 4.77 Å². The Kier molecular flexibility index (Phi) is 4.97. The third kappa shape index (κ3) is 3.20. The molecule has 3 rings (SSSR count). The van der Waals surface area contributed by atoms with Gasteiger partial charge >= 0.3 is 0 Å². The van der Waals surface area contributed by atoms with Gasteiger partial charge in [-0.15, -0.1) is 6.58 Å². The maximum atomic E-state index is 5.97. The van der Waals surface area contributed by atoms with Crippen molar-refractivity contribution in [3.63, 3.8) is 0 Å². The Morgan fingerprint density at radius 2 is 2.17 bits per heavy atom. The molecule has 0 aliphatic heterocycles. The van der Waals surface area contributed by atoms with Crippen LogP contribution in [0.4, 0.5) is 0 Å². The molecule has 0 atom stereocenters. The van der Waals surface area contributed by atoms with Gasteiger partial charge in [-0.2, -0.15) is 5.10 Å². The van der Waals surface area contributed by atoms with E-state index in [9.17, 15) is 0 Å². The number of furan rings is 1. The number of hydrogen-bond acceptors (Lipinski definition) is 4. The Balaban J connectivity index is 1.81. The zero-order valence-corrected chi connectivity index (χ0v) is 14.9. The highest BCUT2D eigenvalue weighted by Gasteiger charge is 2.15. The third-order valence-electron chi connectivity index (χ3n) is 4.03. The molecular formula is C18H22N4OS. The predicted octanol–water partition coefficient (Wildman–Crippen LogP) is 4.00. The molecule has 0 saturated carbocycles. The van der Waals surface area contributed by atoms with E-state index < -0.39 is 0 Å². The molecule has 0 N–H and O–H groups in total. The molecule has 0 radical (unpaired) electrons.